The number of amides is 1. The third-order valence-corrected chi connectivity index (χ3v) is 3.32. The van der Waals surface area contributed by atoms with Gasteiger partial charge in [-0.2, -0.15) is 5.26 Å². The quantitative estimate of drug-likeness (QED) is 0.720. The topological polar surface area (TPSA) is 128 Å². The lowest BCUT2D eigenvalue weighted by molar-refractivity contribution is -0.161. The van der Waals surface area contributed by atoms with E-state index in [0.717, 1.165) is 0 Å². The molecule has 0 spiro atoms. The number of aliphatic carboxylic acids is 2. The lowest BCUT2D eigenvalue weighted by Crippen LogP contribution is -2.52. The molecule has 2 N–H and O–H groups in total. The van der Waals surface area contributed by atoms with Crippen LogP contribution in [0.5, 0.6) is 0 Å². The lowest BCUT2D eigenvalue weighted by atomic mass is 9.71. The number of nitrogens with zero attached hydrogens (tertiary/aromatic N) is 2. The minimum Gasteiger partial charge on any atom is -0.481 e. The number of carbonyl (C=O) groups excluding carboxylic acids is 1. The normalized spacial score (nSPS) is 22.1. The van der Waals surface area contributed by atoms with E-state index >= 15 is 0 Å². The largest absolute Gasteiger partial charge is 0.481 e. The first-order chi connectivity index (χ1) is 9.38. The van der Waals surface area contributed by atoms with Crippen LogP contribution in [0.2, 0.25) is 0 Å². The summed E-state index contributed by atoms with van der Waals surface area (Å²) in [5.74, 6) is -5.03. The van der Waals surface area contributed by atoms with Crippen LogP contribution in [0.1, 0.15) is 19.8 Å². The third kappa shape index (κ3) is 2.99. The summed E-state index contributed by atoms with van der Waals surface area (Å²) in [6, 6.07) is 1.80. The highest BCUT2D eigenvalue weighted by atomic mass is 16.6. The predicted molar refractivity (Wildman–Crippen MR) is 64.6 cm³/mol. The van der Waals surface area contributed by atoms with Crippen molar-refractivity contribution in [3.8, 4) is 6.07 Å². The average molecular weight is 284 g/mol. The van der Waals surface area contributed by atoms with Crippen LogP contribution in [-0.4, -0.2) is 52.8 Å². The van der Waals surface area contributed by atoms with E-state index in [1.54, 1.807) is 13.0 Å². The Labute approximate surface area is 115 Å². The van der Waals surface area contributed by atoms with Crippen molar-refractivity contribution in [2.45, 2.75) is 19.8 Å². The first-order valence-corrected chi connectivity index (χ1v) is 6.16. The number of ether oxygens (including phenoxy) is 1. The van der Waals surface area contributed by atoms with E-state index in [1.807, 2.05) is 0 Å². The minimum absolute atomic E-state index is 0.114. The zero-order valence-corrected chi connectivity index (χ0v) is 11.0. The van der Waals surface area contributed by atoms with Crippen molar-refractivity contribution in [2.75, 3.05) is 19.7 Å². The molecule has 1 rings (SSSR count). The summed E-state index contributed by atoms with van der Waals surface area (Å²) in [6.45, 7) is 1.83. The molecule has 0 aliphatic carbocycles. The van der Waals surface area contributed by atoms with Crippen LogP contribution in [0.25, 0.3) is 0 Å². The fraction of sp³-hybridized carbons (Fsp3) is 0.667. The molecule has 1 unspecified atom stereocenters. The third-order valence-electron chi connectivity index (χ3n) is 3.32. The number of nitriles is 1. The molecule has 1 aliphatic heterocycles. The Kier molecular flexibility index (Phi) is 4.91. The molecule has 8 heteroatoms. The van der Waals surface area contributed by atoms with Gasteiger partial charge in [0.1, 0.15) is 0 Å². The standard InChI is InChI=1S/C12H16N2O6/c1-2-20-11(19)14-5-3-4-12(6-13,7-14)8(9(15)16)10(17)18/h8H,2-5,7H2,1H3,(H,15,16)(H,17,18). The summed E-state index contributed by atoms with van der Waals surface area (Å²) < 4.78 is 4.80. The molecule has 1 saturated heterocycles. The van der Waals surface area contributed by atoms with Crippen molar-refractivity contribution >= 4 is 18.0 Å². The number of hydrogen-bond acceptors (Lipinski definition) is 5. The fourth-order valence-electron chi connectivity index (χ4n) is 2.42. The zero-order chi connectivity index (χ0) is 15.3. The molecule has 110 valence electrons. The summed E-state index contributed by atoms with van der Waals surface area (Å²) in [6.07, 6.45) is -0.201. The number of carboxylic acids is 2. The second-order valence-corrected chi connectivity index (χ2v) is 4.60. The molecule has 0 aromatic heterocycles. The van der Waals surface area contributed by atoms with Gasteiger partial charge in [0.2, 0.25) is 0 Å². The molecule has 0 aromatic carbocycles. The SMILES string of the molecule is CCOC(=O)N1CCCC(C#N)(C(C(=O)O)C(=O)O)C1. The highest BCUT2D eigenvalue weighted by Crippen LogP contribution is 2.37. The van der Waals surface area contributed by atoms with Gasteiger partial charge in [0, 0.05) is 13.1 Å². The molecular weight excluding hydrogens is 268 g/mol. The van der Waals surface area contributed by atoms with Gasteiger partial charge in [-0.05, 0) is 19.8 Å². The van der Waals surface area contributed by atoms with Crippen molar-refractivity contribution in [1.82, 2.24) is 4.90 Å². The maximum Gasteiger partial charge on any atom is 0.409 e. The molecule has 1 amide bonds. The van der Waals surface area contributed by atoms with E-state index in [1.165, 1.54) is 4.90 Å². The van der Waals surface area contributed by atoms with E-state index in [-0.39, 0.29) is 19.6 Å². The molecule has 1 heterocycles. The molecule has 1 atom stereocenters. The van der Waals surface area contributed by atoms with E-state index in [2.05, 4.69) is 0 Å². The molecular formula is C12H16N2O6. The molecule has 1 aliphatic rings. The maximum absolute atomic E-state index is 11.7. The highest BCUT2D eigenvalue weighted by molar-refractivity contribution is 5.94. The number of carboxylic acid groups (broad SMARTS) is 2. The van der Waals surface area contributed by atoms with E-state index in [0.29, 0.717) is 13.0 Å². The summed E-state index contributed by atoms with van der Waals surface area (Å²) in [4.78, 5) is 35.1. The van der Waals surface area contributed by atoms with Gasteiger partial charge in [0.15, 0.2) is 5.92 Å². The summed E-state index contributed by atoms with van der Waals surface area (Å²) in [5.41, 5.74) is -1.64. The second-order valence-electron chi connectivity index (χ2n) is 4.60. The van der Waals surface area contributed by atoms with Crippen LogP contribution in [0.4, 0.5) is 4.79 Å². The monoisotopic (exact) mass is 284 g/mol. The summed E-state index contributed by atoms with van der Waals surface area (Å²) in [7, 11) is 0. The van der Waals surface area contributed by atoms with E-state index in [4.69, 9.17) is 14.9 Å². The Morgan fingerprint density at radius 2 is 2.00 bits per heavy atom. The van der Waals surface area contributed by atoms with Gasteiger partial charge in [0.05, 0.1) is 18.1 Å². The van der Waals surface area contributed by atoms with Crippen molar-refractivity contribution in [1.29, 1.82) is 5.26 Å². The Morgan fingerprint density at radius 1 is 1.40 bits per heavy atom. The van der Waals surface area contributed by atoms with Crippen molar-refractivity contribution in [3.63, 3.8) is 0 Å². The van der Waals surface area contributed by atoms with Gasteiger partial charge in [-0.15, -0.1) is 0 Å². The van der Waals surface area contributed by atoms with Crippen LogP contribution in [-0.2, 0) is 14.3 Å². The number of piperidine rings is 1. The minimum atomic E-state index is -1.87. The highest BCUT2D eigenvalue weighted by Gasteiger charge is 2.51. The maximum atomic E-state index is 11.7. The van der Waals surface area contributed by atoms with Gasteiger partial charge in [-0.3, -0.25) is 9.59 Å². The Bertz CT molecular complexity index is 443. The summed E-state index contributed by atoms with van der Waals surface area (Å²) in [5, 5.41) is 27.4. The van der Waals surface area contributed by atoms with E-state index < -0.39 is 29.4 Å². The van der Waals surface area contributed by atoms with Gasteiger partial charge in [-0.25, -0.2) is 4.79 Å². The first kappa shape index (κ1) is 15.8. The van der Waals surface area contributed by atoms with Gasteiger partial charge in [0.25, 0.3) is 0 Å². The Balaban J connectivity index is 3.04. The molecule has 20 heavy (non-hydrogen) atoms. The fourth-order valence-corrected chi connectivity index (χ4v) is 2.42. The molecule has 8 nitrogen and oxygen atoms in total. The number of likely N-dealkylation sites (tertiary alicyclic amines) is 1. The summed E-state index contributed by atoms with van der Waals surface area (Å²) >= 11 is 0. The zero-order valence-electron chi connectivity index (χ0n) is 11.0. The Hall–Kier alpha value is -2.30. The number of carbonyl (C=O) groups is 3. The molecule has 0 saturated carbocycles. The van der Waals surface area contributed by atoms with Crippen LogP contribution >= 0.6 is 0 Å². The van der Waals surface area contributed by atoms with E-state index in [9.17, 15) is 19.6 Å². The Morgan fingerprint density at radius 3 is 2.45 bits per heavy atom. The van der Waals surface area contributed by atoms with Crippen molar-refractivity contribution in [2.24, 2.45) is 11.3 Å². The van der Waals surface area contributed by atoms with Crippen LogP contribution in [0, 0.1) is 22.7 Å². The van der Waals surface area contributed by atoms with Gasteiger partial charge < -0.3 is 19.8 Å². The van der Waals surface area contributed by atoms with Crippen LogP contribution in [0.15, 0.2) is 0 Å². The smallest absolute Gasteiger partial charge is 0.409 e. The van der Waals surface area contributed by atoms with Crippen LogP contribution in [0.3, 0.4) is 0 Å². The number of rotatable bonds is 4. The van der Waals surface area contributed by atoms with Gasteiger partial charge >= 0.3 is 18.0 Å². The molecule has 1 fully saturated rings. The van der Waals surface area contributed by atoms with Crippen molar-refractivity contribution in [3.05, 3.63) is 0 Å². The van der Waals surface area contributed by atoms with Gasteiger partial charge in [-0.1, -0.05) is 0 Å². The molecule has 0 bridgehead atoms. The second kappa shape index (κ2) is 6.23. The predicted octanol–water partition coefficient (Wildman–Crippen LogP) is 0.534. The lowest BCUT2D eigenvalue weighted by Gasteiger charge is -2.39. The average Bonchev–Trinajstić information content (AvgIpc) is 2.38. The van der Waals surface area contributed by atoms with Crippen LogP contribution < -0.4 is 0 Å². The first-order valence-electron chi connectivity index (χ1n) is 6.16. The number of hydrogen-bond donors (Lipinski definition) is 2. The molecule has 0 radical (unpaired) electrons. The molecule has 0 aromatic rings. The van der Waals surface area contributed by atoms with Crippen molar-refractivity contribution < 1.29 is 29.3 Å².